The number of benzene rings is 1. The molecule has 0 spiro atoms. The van der Waals surface area contributed by atoms with Gasteiger partial charge in [0.15, 0.2) is 0 Å². The Balaban J connectivity index is 1.81. The Morgan fingerprint density at radius 1 is 1.33 bits per heavy atom. The van der Waals surface area contributed by atoms with Gasteiger partial charge in [-0.15, -0.1) is 0 Å². The van der Waals surface area contributed by atoms with Crippen molar-refractivity contribution in [3.8, 4) is 6.07 Å². The van der Waals surface area contributed by atoms with Crippen molar-refractivity contribution < 1.29 is 4.79 Å². The van der Waals surface area contributed by atoms with Gasteiger partial charge >= 0.3 is 0 Å². The van der Waals surface area contributed by atoms with Crippen molar-refractivity contribution in [2.75, 3.05) is 16.8 Å². The first-order chi connectivity index (χ1) is 11.7. The highest BCUT2D eigenvalue weighted by atomic mass is 16.2. The highest BCUT2D eigenvalue weighted by molar-refractivity contribution is 6.09. The first kappa shape index (κ1) is 15.8. The summed E-state index contributed by atoms with van der Waals surface area (Å²) in [5.41, 5.74) is 3.76. The van der Waals surface area contributed by atoms with Gasteiger partial charge in [-0.1, -0.05) is 18.2 Å². The maximum Gasteiger partial charge on any atom is 0.270 e. The molecule has 5 heteroatoms. The molecule has 0 bridgehead atoms. The number of anilines is 2. The van der Waals surface area contributed by atoms with Crippen LogP contribution in [0.3, 0.4) is 0 Å². The Morgan fingerprint density at radius 2 is 2.17 bits per heavy atom. The molecule has 1 N–H and O–H groups in total. The fourth-order valence-electron chi connectivity index (χ4n) is 2.74. The van der Waals surface area contributed by atoms with E-state index in [1.54, 1.807) is 11.1 Å². The van der Waals surface area contributed by atoms with Gasteiger partial charge in [0.25, 0.3) is 5.91 Å². The number of rotatable bonds is 3. The van der Waals surface area contributed by atoms with E-state index in [4.69, 9.17) is 0 Å². The number of aryl methyl sites for hydroxylation is 2. The van der Waals surface area contributed by atoms with Crippen LogP contribution in [-0.2, 0) is 11.2 Å². The number of carbonyl (C=O) groups is 1. The molecule has 24 heavy (non-hydrogen) atoms. The van der Waals surface area contributed by atoms with Crippen molar-refractivity contribution in [2.45, 2.75) is 19.8 Å². The molecular weight excluding hydrogens is 300 g/mol. The summed E-state index contributed by atoms with van der Waals surface area (Å²) in [5.74, 6) is -0.280. The number of nitrogens with zero attached hydrogens (tertiary/aromatic N) is 3. The second-order valence-electron chi connectivity index (χ2n) is 5.69. The van der Waals surface area contributed by atoms with Gasteiger partial charge in [-0.2, -0.15) is 5.26 Å². The van der Waals surface area contributed by atoms with Crippen LogP contribution in [-0.4, -0.2) is 17.4 Å². The highest BCUT2D eigenvalue weighted by Gasteiger charge is 2.24. The molecule has 2 aromatic rings. The van der Waals surface area contributed by atoms with Crippen molar-refractivity contribution in [2.24, 2.45) is 0 Å². The van der Waals surface area contributed by atoms with Crippen LogP contribution in [0, 0.1) is 18.3 Å². The average molecular weight is 318 g/mol. The van der Waals surface area contributed by atoms with Crippen molar-refractivity contribution in [1.82, 2.24) is 4.98 Å². The van der Waals surface area contributed by atoms with Gasteiger partial charge in [-0.3, -0.25) is 9.78 Å². The maximum atomic E-state index is 12.7. The zero-order valence-corrected chi connectivity index (χ0v) is 13.5. The summed E-state index contributed by atoms with van der Waals surface area (Å²) >= 11 is 0. The lowest BCUT2D eigenvalue weighted by Gasteiger charge is -2.29. The number of nitrogens with one attached hydrogen (secondary N) is 1. The van der Waals surface area contributed by atoms with Gasteiger partial charge < -0.3 is 10.2 Å². The molecule has 0 atom stereocenters. The average Bonchev–Trinajstić information content (AvgIpc) is 2.63. The lowest BCUT2D eigenvalue weighted by atomic mass is 10.0. The third-order valence-electron chi connectivity index (χ3n) is 4.00. The van der Waals surface area contributed by atoms with Crippen LogP contribution < -0.4 is 10.2 Å². The molecule has 5 nitrogen and oxygen atoms in total. The molecule has 2 heterocycles. The summed E-state index contributed by atoms with van der Waals surface area (Å²) in [6, 6.07) is 13.6. The summed E-state index contributed by atoms with van der Waals surface area (Å²) in [5, 5.41) is 12.3. The number of carbonyl (C=O) groups excluding carboxylic acids is 1. The second-order valence-corrected chi connectivity index (χ2v) is 5.69. The quantitative estimate of drug-likeness (QED) is 0.697. The lowest BCUT2D eigenvalue weighted by molar-refractivity contribution is -0.114. The molecule has 120 valence electrons. The standard InChI is InChI=1S/C19H18N4O/c1-14-8-9-17(13-21-14)22-12-16(11-20)19(24)23-10-4-6-15-5-2-3-7-18(15)23/h2-3,5,7-9,12-13,22H,4,6,10H2,1H3/b16-12-. The number of hydrogen-bond donors (Lipinski definition) is 1. The van der Waals surface area contributed by atoms with Gasteiger partial charge in [-0.05, 0) is 43.5 Å². The molecule has 0 fully saturated rings. The molecule has 1 aromatic carbocycles. The van der Waals surface area contributed by atoms with E-state index in [0.29, 0.717) is 6.54 Å². The van der Waals surface area contributed by atoms with Crippen LogP contribution >= 0.6 is 0 Å². The third kappa shape index (κ3) is 3.28. The number of hydrogen-bond acceptors (Lipinski definition) is 4. The van der Waals surface area contributed by atoms with Crippen molar-refractivity contribution in [3.05, 3.63) is 65.6 Å². The van der Waals surface area contributed by atoms with E-state index in [2.05, 4.69) is 10.3 Å². The molecule has 1 amide bonds. The molecule has 1 aliphatic heterocycles. The van der Waals surface area contributed by atoms with Crippen molar-refractivity contribution >= 4 is 17.3 Å². The summed E-state index contributed by atoms with van der Waals surface area (Å²) in [6.45, 7) is 2.53. The monoisotopic (exact) mass is 318 g/mol. The zero-order chi connectivity index (χ0) is 16.9. The molecule has 1 aromatic heterocycles. The number of para-hydroxylation sites is 1. The normalized spacial score (nSPS) is 13.8. The van der Waals surface area contributed by atoms with E-state index in [1.807, 2.05) is 49.4 Å². The van der Waals surface area contributed by atoms with Crippen molar-refractivity contribution in [1.29, 1.82) is 5.26 Å². The Kier molecular flexibility index (Phi) is 4.57. The van der Waals surface area contributed by atoms with Crippen LogP contribution in [0.2, 0.25) is 0 Å². The number of pyridine rings is 1. The summed E-state index contributed by atoms with van der Waals surface area (Å²) < 4.78 is 0. The van der Waals surface area contributed by atoms with Gasteiger partial charge in [0, 0.05) is 24.1 Å². The Hall–Kier alpha value is -3.13. The van der Waals surface area contributed by atoms with E-state index >= 15 is 0 Å². The lowest BCUT2D eigenvalue weighted by Crippen LogP contribution is -2.36. The SMILES string of the molecule is Cc1ccc(N/C=C(/C#N)C(=O)N2CCCc3ccccc32)cn1. The second kappa shape index (κ2) is 6.97. The topological polar surface area (TPSA) is 69.0 Å². The maximum absolute atomic E-state index is 12.7. The van der Waals surface area contributed by atoms with Crippen LogP contribution in [0.25, 0.3) is 0 Å². The van der Waals surface area contributed by atoms with Gasteiger partial charge in [0.05, 0.1) is 11.9 Å². The van der Waals surface area contributed by atoms with E-state index in [0.717, 1.165) is 35.5 Å². The molecule has 0 unspecified atom stereocenters. The molecule has 0 saturated carbocycles. The Labute approximate surface area is 141 Å². The first-order valence-electron chi connectivity index (χ1n) is 7.88. The Morgan fingerprint density at radius 3 is 2.92 bits per heavy atom. The third-order valence-corrected chi connectivity index (χ3v) is 4.00. The minimum Gasteiger partial charge on any atom is -0.359 e. The van der Waals surface area contributed by atoms with Gasteiger partial charge in [0.1, 0.15) is 11.6 Å². The van der Waals surface area contributed by atoms with Crippen LogP contribution in [0.4, 0.5) is 11.4 Å². The van der Waals surface area contributed by atoms with Crippen LogP contribution in [0.15, 0.2) is 54.4 Å². The molecule has 3 rings (SSSR count). The van der Waals surface area contributed by atoms with E-state index in [-0.39, 0.29) is 11.5 Å². The Bertz CT molecular complexity index is 818. The fourth-order valence-corrected chi connectivity index (χ4v) is 2.74. The number of aromatic nitrogens is 1. The molecule has 1 aliphatic rings. The molecule has 0 saturated heterocycles. The zero-order valence-electron chi connectivity index (χ0n) is 13.5. The molecular formula is C19H18N4O. The van der Waals surface area contributed by atoms with E-state index in [1.165, 1.54) is 6.20 Å². The van der Waals surface area contributed by atoms with Crippen LogP contribution in [0.1, 0.15) is 17.7 Å². The first-order valence-corrected chi connectivity index (χ1v) is 7.88. The van der Waals surface area contributed by atoms with E-state index in [9.17, 15) is 10.1 Å². The highest BCUT2D eigenvalue weighted by Crippen LogP contribution is 2.27. The van der Waals surface area contributed by atoms with Gasteiger partial charge in [-0.25, -0.2) is 0 Å². The smallest absolute Gasteiger partial charge is 0.270 e. The predicted octanol–water partition coefficient (Wildman–Crippen LogP) is 3.19. The minimum absolute atomic E-state index is 0.0762. The van der Waals surface area contributed by atoms with E-state index < -0.39 is 0 Å². The largest absolute Gasteiger partial charge is 0.359 e. The van der Waals surface area contributed by atoms with Crippen LogP contribution in [0.5, 0.6) is 0 Å². The number of fused-ring (bicyclic) bond motifs is 1. The predicted molar refractivity (Wildman–Crippen MR) is 93.4 cm³/mol. The summed E-state index contributed by atoms with van der Waals surface area (Å²) in [6.07, 6.45) is 4.98. The summed E-state index contributed by atoms with van der Waals surface area (Å²) in [7, 11) is 0. The number of amides is 1. The molecule has 0 aliphatic carbocycles. The number of nitriles is 1. The fraction of sp³-hybridized carbons (Fsp3) is 0.211. The van der Waals surface area contributed by atoms with Gasteiger partial charge in [0.2, 0.25) is 0 Å². The molecule has 0 radical (unpaired) electrons. The van der Waals surface area contributed by atoms with Crippen molar-refractivity contribution in [3.63, 3.8) is 0 Å². The minimum atomic E-state index is -0.280. The summed E-state index contributed by atoms with van der Waals surface area (Å²) in [4.78, 5) is 18.6.